The highest BCUT2D eigenvalue weighted by molar-refractivity contribution is 5.49. The summed E-state index contributed by atoms with van der Waals surface area (Å²) in [5.74, 6) is 0.445. The van der Waals surface area contributed by atoms with Crippen LogP contribution in [0, 0.1) is 5.41 Å². The summed E-state index contributed by atoms with van der Waals surface area (Å²) in [5, 5.41) is 0. The van der Waals surface area contributed by atoms with Crippen LogP contribution in [0.5, 0.6) is 0 Å². The van der Waals surface area contributed by atoms with Gasteiger partial charge < -0.3 is 10.6 Å². The number of aromatic nitrogens is 1. The van der Waals surface area contributed by atoms with Gasteiger partial charge in [0, 0.05) is 44.3 Å². The Hall–Kier alpha value is -1.39. The lowest BCUT2D eigenvalue weighted by molar-refractivity contribution is 0.0795. The molecule has 2 unspecified atom stereocenters. The van der Waals surface area contributed by atoms with Gasteiger partial charge in [0.05, 0.1) is 11.9 Å². The van der Waals surface area contributed by atoms with E-state index >= 15 is 0 Å². The molecule has 2 atom stereocenters. The smallest absolute Gasteiger partial charge is 0.0539 e. The van der Waals surface area contributed by atoms with Crippen molar-refractivity contribution < 1.29 is 0 Å². The van der Waals surface area contributed by atoms with Crippen LogP contribution in [0.1, 0.15) is 63.4 Å². The predicted octanol–water partition coefficient (Wildman–Crippen LogP) is 4.05. The quantitative estimate of drug-likeness (QED) is 0.800. The van der Waals surface area contributed by atoms with Crippen molar-refractivity contribution in [1.82, 2.24) is 14.8 Å². The van der Waals surface area contributed by atoms with Crippen LogP contribution in [0.4, 0.5) is 5.69 Å². The topological polar surface area (TPSA) is 45.4 Å². The molecule has 1 spiro atoms. The van der Waals surface area contributed by atoms with Crippen LogP contribution in [0.15, 0.2) is 30.1 Å². The molecular weight excluding hydrogens is 332 g/mol. The van der Waals surface area contributed by atoms with E-state index < -0.39 is 0 Å². The normalized spacial score (nSPS) is 30.1. The lowest BCUT2D eigenvalue weighted by Crippen LogP contribution is -2.50. The zero-order valence-corrected chi connectivity index (χ0v) is 17.2. The number of allylic oxidation sites excluding steroid dienone is 2. The minimum atomic E-state index is 0.415. The average molecular weight is 369 g/mol. The molecule has 27 heavy (non-hydrogen) atoms. The first-order valence-electron chi connectivity index (χ1n) is 10.9. The molecule has 2 heterocycles. The SMILES string of the molecule is CC1=CC2(CCCC2)CC(N2CCN(C)CC2)CCC1c1ccncc1N. The number of piperazine rings is 1. The Labute approximate surface area is 164 Å². The Morgan fingerprint density at radius 2 is 1.85 bits per heavy atom. The molecule has 4 rings (SSSR count). The third-order valence-electron chi connectivity index (χ3n) is 7.43. The summed E-state index contributed by atoms with van der Waals surface area (Å²) in [5.41, 5.74) is 10.4. The number of pyridine rings is 1. The standard InChI is InChI=1S/C23H36N4/c1-18-15-23(8-3-4-9-23)16-19(27-13-11-26(2)12-14-27)5-6-20(18)21-7-10-25-17-22(21)24/h7,10,15,17,19-20H,3-6,8-9,11-14,16,24H2,1-2H3. The summed E-state index contributed by atoms with van der Waals surface area (Å²) in [6, 6.07) is 2.86. The van der Waals surface area contributed by atoms with Gasteiger partial charge in [0.25, 0.3) is 0 Å². The second kappa shape index (κ2) is 7.92. The maximum Gasteiger partial charge on any atom is 0.0539 e. The summed E-state index contributed by atoms with van der Waals surface area (Å²) >= 11 is 0. The highest BCUT2D eigenvalue weighted by Crippen LogP contribution is 2.49. The molecule has 2 N–H and O–H groups in total. The van der Waals surface area contributed by atoms with Gasteiger partial charge in [0.1, 0.15) is 0 Å². The summed E-state index contributed by atoms with van der Waals surface area (Å²) in [4.78, 5) is 9.48. The van der Waals surface area contributed by atoms with Crippen LogP contribution in [-0.2, 0) is 0 Å². The fraction of sp³-hybridized carbons (Fsp3) is 0.696. The van der Waals surface area contributed by atoms with Crippen LogP contribution < -0.4 is 5.73 Å². The molecule has 4 nitrogen and oxygen atoms in total. The van der Waals surface area contributed by atoms with E-state index in [1.807, 2.05) is 12.4 Å². The molecule has 1 aromatic rings. The van der Waals surface area contributed by atoms with Gasteiger partial charge in [-0.2, -0.15) is 0 Å². The van der Waals surface area contributed by atoms with E-state index in [2.05, 4.69) is 40.9 Å². The predicted molar refractivity (Wildman–Crippen MR) is 113 cm³/mol. The molecule has 1 aromatic heterocycles. The third-order valence-corrected chi connectivity index (χ3v) is 7.43. The van der Waals surface area contributed by atoms with E-state index in [0.717, 1.165) is 5.69 Å². The molecule has 2 aliphatic carbocycles. The van der Waals surface area contributed by atoms with Crippen molar-refractivity contribution in [2.24, 2.45) is 5.41 Å². The van der Waals surface area contributed by atoms with Gasteiger partial charge in [0.15, 0.2) is 0 Å². The minimum absolute atomic E-state index is 0.415. The summed E-state index contributed by atoms with van der Waals surface area (Å²) in [6.45, 7) is 7.21. The van der Waals surface area contributed by atoms with Crippen molar-refractivity contribution in [1.29, 1.82) is 0 Å². The van der Waals surface area contributed by atoms with Crippen molar-refractivity contribution in [3.8, 4) is 0 Å². The van der Waals surface area contributed by atoms with Gasteiger partial charge in [-0.3, -0.25) is 9.88 Å². The van der Waals surface area contributed by atoms with Crippen LogP contribution in [0.3, 0.4) is 0 Å². The summed E-state index contributed by atoms with van der Waals surface area (Å²) in [7, 11) is 2.25. The largest absolute Gasteiger partial charge is 0.397 e. The van der Waals surface area contributed by atoms with E-state index in [1.54, 1.807) is 0 Å². The monoisotopic (exact) mass is 368 g/mol. The molecule has 0 bridgehead atoms. The van der Waals surface area contributed by atoms with Crippen LogP contribution >= 0.6 is 0 Å². The van der Waals surface area contributed by atoms with Gasteiger partial charge in [-0.05, 0) is 63.1 Å². The summed E-state index contributed by atoms with van der Waals surface area (Å²) < 4.78 is 0. The Balaban J connectivity index is 1.63. The number of nitrogen functional groups attached to an aromatic ring is 1. The van der Waals surface area contributed by atoms with Crippen molar-refractivity contribution in [2.75, 3.05) is 39.0 Å². The second-order valence-corrected chi connectivity index (χ2v) is 9.29. The zero-order valence-electron chi connectivity index (χ0n) is 17.2. The number of hydrogen-bond acceptors (Lipinski definition) is 4. The van der Waals surface area contributed by atoms with E-state index in [0.29, 0.717) is 17.4 Å². The van der Waals surface area contributed by atoms with Gasteiger partial charge in [0.2, 0.25) is 0 Å². The molecule has 4 heteroatoms. The molecule has 0 radical (unpaired) electrons. The van der Waals surface area contributed by atoms with E-state index in [1.165, 1.54) is 82.3 Å². The van der Waals surface area contributed by atoms with Gasteiger partial charge in [-0.15, -0.1) is 0 Å². The summed E-state index contributed by atoms with van der Waals surface area (Å²) in [6.07, 6.45) is 15.8. The van der Waals surface area contributed by atoms with Gasteiger partial charge >= 0.3 is 0 Å². The molecule has 148 valence electrons. The Morgan fingerprint density at radius 1 is 1.11 bits per heavy atom. The molecule has 1 aliphatic heterocycles. The third kappa shape index (κ3) is 4.07. The van der Waals surface area contributed by atoms with Crippen molar-refractivity contribution >= 4 is 5.69 Å². The average Bonchev–Trinajstić information content (AvgIpc) is 3.10. The fourth-order valence-corrected chi connectivity index (χ4v) is 5.86. The first kappa shape index (κ1) is 18.9. The molecule has 1 saturated heterocycles. The molecule has 2 fully saturated rings. The number of nitrogens with two attached hydrogens (primary N) is 1. The zero-order chi connectivity index (χ0) is 18.9. The number of rotatable bonds is 2. The number of likely N-dealkylation sites (N-methyl/N-ethyl adjacent to an activating group) is 1. The number of hydrogen-bond donors (Lipinski definition) is 1. The van der Waals surface area contributed by atoms with Crippen LogP contribution in [0.25, 0.3) is 0 Å². The fourth-order valence-electron chi connectivity index (χ4n) is 5.86. The first-order valence-corrected chi connectivity index (χ1v) is 10.9. The number of anilines is 1. The molecule has 0 aromatic carbocycles. The Bertz CT molecular complexity index is 669. The van der Waals surface area contributed by atoms with Crippen molar-refractivity contribution in [2.45, 2.75) is 63.8 Å². The lowest BCUT2D eigenvalue weighted by atomic mass is 9.71. The Morgan fingerprint density at radius 3 is 2.56 bits per heavy atom. The molecular formula is C23H36N4. The van der Waals surface area contributed by atoms with Crippen molar-refractivity contribution in [3.63, 3.8) is 0 Å². The molecule has 0 amide bonds. The maximum atomic E-state index is 6.34. The van der Waals surface area contributed by atoms with Crippen molar-refractivity contribution in [3.05, 3.63) is 35.7 Å². The highest BCUT2D eigenvalue weighted by atomic mass is 15.3. The van der Waals surface area contributed by atoms with Gasteiger partial charge in [-0.25, -0.2) is 0 Å². The van der Waals surface area contributed by atoms with E-state index in [4.69, 9.17) is 5.73 Å². The lowest BCUT2D eigenvalue weighted by Gasteiger charge is -2.43. The van der Waals surface area contributed by atoms with E-state index in [9.17, 15) is 0 Å². The van der Waals surface area contributed by atoms with E-state index in [-0.39, 0.29) is 0 Å². The van der Waals surface area contributed by atoms with Gasteiger partial charge in [-0.1, -0.05) is 24.5 Å². The minimum Gasteiger partial charge on any atom is -0.397 e. The number of nitrogens with zero attached hydrogens (tertiary/aromatic N) is 3. The molecule has 1 saturated carbocycles. The van der Waals surface area contributed by atoms with Crippen LogP contribution in [0.2, 0.25) is 0 Å². The highest BCUT2D eigenvalue weighted by Gasteiger charge is 2.39. The maximum absolute atomic E-state index is 6.34. The molecule has 3 aliphatic rings. The second-order valence-electron chi connectivity index (χ2n) is 9.29. The Kier molecular flexibility index (Phi) is 5.56. The first-order chi connectivity index (χ1) is 13.1. The van der Waals surface area contributed by atoms with Crippen LogP contribution in [-0.4, -0.2) is 54.1 Å².